The Morgan fingerprint density at radius 2 is 1.81 bits per heavy atom. The van der Waals surface area contributed by atoms with E-state index in [1.54, 1.807) is 6.07 Å². The van der Waals surface area contributed by atoms with E-state index in [1.807, 2.05) is 6.07 Å². The van der Waals surface area contributed by atoms with Crippen LogP contribution in [0.1, 0.15) is 35.1 Å². The van der Waals surface area contributed by atoms with Crippen molar-refractivity contribution in [2.24, 2.45) is 0 Å². The van der Waals surface area contributed by atoms with Crippen LogP contribution in [-0.4, -0.2) is 120 Å². The molecule has 0 radical (unpaired) electrons. The molecule has 0 aromatic heterocycles. The second-order valence-electron chi connectivity index (χ2n) is 12.1. The molecule has 9 heteroatoms. The lowest BCUT2D eigenvalue weighted by atomic mass is 9.93. The summed E-state index contributed by atoms with van der Waals surface area (Å²) < 4.78 is 26.1. The van der Waals surface area contributed by atoms with Crippen LogP contribution in [-0.2, 0) is 20.7 Å². The molecular formula is C34H48FN5O3. The molecule has 3 atom stereocenters. The molecule has 43 heavy (non-hydrogen) atoms. The van der Waals surface area contributed by atoms with E-state index in [1.165, 1.54) is 22.9 Å². The number of ether oxygens (including phenoxy) is 2. The van der Waals surface area contributed by atoms with Crippen LogP contribution in [0.2, 0.25) is 0 Å². The molecule has 2 aliphatic heterocycles. The molecule has 2 fully saturated rings. The number of likely N-dealkylation sites (tertiary alicyclic amines) is 1. The first-order valence-electron chi connectivity index (χ1n) is 15.8. The third-order valence-electron chi connectivity index (χ3n) is 9.28. The molecule has 3 aliphatic rings. The van der Waals surface area contributed by atoms with Crippen LogP contribution in [0.25, 0.3) is 0 Å². The number of likely N-dealkylation sites (N-methyl/N-ethyl adjacent to an activating group) is 1. The number of piperazine rings is 1. The summed E-state index contributed by atoms with van der Waals surface area (Å²) in [6, 6.07) is 15.3. The van der Waals surface area contributed by atoms with E-state index in [2.05, 4.69) is 75.9 Å². The first-order valence-corrected chi connectivity index (χ1v) is 15.8. The summed E-state index contributed by atoms with van der Waals surface area (Å²) in [5.74, 6) is 0.157. The molecule has 2 saturated heterocycles. The first-order chi connectivity index (χ1) is 20.9. The molecule has 1 aliphatic carbocycles. The van der Waals surface area contributed by atoms with Crippen molar-refractivity contribution in [3.05, 3.63) is 77.6 Å². The molecule has 0 bridgehead atoms. The van der Waals surface area contributed by atoms with Crippen molar-refractivity contribution < 1.29 is 18.7 Å². The van der Waals surface area contributed by atoms with Crippen LogP contribution in [0.5, 0.6) is 0 Å². The number of carbonyl (C=O) groups excluding carboxylic acids is 1. The van der Waals surface area contributed by atoms with Crippen molar-refractivity contribution in [2.75, 3.05) is 97.8 Å². The fourth-order valence-electron chi connectivity index (χ4n) is 6.91. The summed E-state index contributed by atoms with van der Waals surface area (Å²) in [5, 5.41) is 2.68. The zero-order valence-electron chi connectivity index (χ0n) is 25.8. The third-order valence-corrected chi connectivity index (χ3v) is 9.28. The second kappa shape index (κ2) is 15.3. The van der Waals surface area contributed by atoms with E-state index in [9.17, 15) is 9.18 Å². The summed E-state index contributed by atoms with van der Waals surface area (Å²) >= 11 is 0. The summed E-state index contributed by atoms with van der Waals surface area (Å²) in [5.41, 5.74) is 4.78. The lowest BCUT2D eigenvalue weighted by Gasteiger charge is -2.36. The first kappa shape index (κ1) is 31.6. The zero-order chi connectivity index (χ0) is 30.2. The Balaban J connectivity index is 1.08. The Kier molecular flexibility index (Phi) is 11.2. The van der Waals surface area contributed by atoms with Crippen LogP contribution in [0, 0.1) is 5.82 Å². The minimum absolute atomic E-state index is 0.0468. The van der Waals surface area contributed by atoms with Gasteiger partial charge in [0.25, 0.3) is 0 Å². The van der Waals surface area contributed by atoms with Gasteiger partial charge in [0.1, 0.15) is 5.82 Å². The minimum atomic E-state index is -0.184. The van der Waals surface area contributed by atoms with E-state index in [4.69, 9.17) is 9.47 Å². The van der Waals surface area contributed by atoms with Gasteiger partial charge in [0.2, 0.25) is 5.91 Å². The van der Waals surface area contributed by atoms with Gasteiger partial charge >= 0.3 is 0 Å². The lowest BCUT2D eigenvalue weighted by molar-refractivity contribution is -0.116. The quantitative estimate of drug-likeness (QED) is 0.267. The Morgan fingerprint density at radius 1 is 1.05 bits per heavy atom. The Hall–Kier alpha value is -2.82. The van der Waals surface area contributed by atoms with Crippen LogP contribution in [0.3, 0.4) is 0 Å². The SMILES string of the molecule is C=CC(=O)NCCOCCOCCN1CCN(c2cccc([C@H]3CN([C@H]4CCc5cccc(F)c54)C[C@@H]3N(C)C)c2)CC1. The average molecular weight is 594 g/mol. The fourth-order valence-corrected chi connectivity index (χ4v) is 6.91. The maximum Gasteiger partial charge on any atom is 0.243 e. The second-order valence-corrected chi connectivity index (χ2v) is 12.1. The van der Waals surface area contributed by atoms with Gasteiger partial charge in [-0.2, -0.15) is 0 Å². The summed E-state index contributed by atoms with van der Waals surface area (Å²) in [4.78, 5) is 20.9. The Morgan fingerprint density at radius 3 is 2.58 bits per heavy atom. The molecule has 1 N–H and O–H groups in total. The monoisotopic (exact) mass is 593 g/mol. The highest BCUT2D eigenvalue weighted by Crippen LogP contribution is 2.42. The van der Waals surface area contributed by atoms with Crippen molar-refractivity contribution in [3.63, 3.8) is 0 Å². The van der Waals surface area contributed by atoms with E-state index >= 15 is 0 Å². The molecular weight excluding hydrogens is 545 g/mol. The molecule has 5 rings (SSSR count). The van der Waals surface area contributed by atoms with Gasteiger partial charge < -0.3 is 24.6 Å². The highest BCUT2D eigenvalue weighted by Gasteiger charge is 2.41. The van der Waals surface area contributed by atoms with Crippen molar-refractivity contribution in [1.29, 1.82) is 0 Å². The number of hydrogen-bond acceptors (Lipinski definition) is 7. The number of aryl methyl sites for hydroxylation is 1. The number of benzene rings is 2. The standard InChI is InChI=1S/C34H48FN5O3/c1-4-33(41)36-13-19-42-21-22-43-20-18-38-14-16-39(17-15-38)28-9-5-8-27(23-28)29-24-40(25-32(29)37(2)3)31-12-11-26-7-6-10-30(35)34(26)31/h4-10,23,29,31-32H,1,11-22,24-25H2,2-3H3,(H,36,41)/t29-,31+,32+/m1/s1. The summed E-state index contributed by atoms with van der Waals surface area (Å²) in [6.45, 7) is 13.0. The molecule has 0 saturated carbocycles. The van der Waals surface area contributed by atoms with Crippen molar-refractivity contribution in [2.45, 2.75) is 30.8 Å². The van der Waals surface area contributed by atoms with Gasteiger partial charge in [-0.3, -0.25) is 14.6 Å². The number of halogens is 1. The van der Waals surface area contributed by atoms with E-state index in [-0.39, 0.29) is 17.8 Å². The van der Waals surface area contributed by atoms with Crippen LogP contribution in [0.15, 0.2) is 55.1 Å². The smallest absolute Gasteiger partial charge is 0.243 e. The van der Waals surface area contributed by atoms with Gasteiger partial charge in [-0.15, -0.1) is 0 Å². The van der Waals surface area contributed by atoms with E-state index in [0.29, 0.717) is 44.9 Å². The Labute approximate surface area is 256 Å². The average Bonchev–Trinajstić information content (AvgIpc) is 3.66. The largest absolute Gasteiger partial charge is 0.378 e. The van der Waals surface area contributed by atoms with Gasteiger partial charge in [0.05, 0.1) is 26.4 Å². The third kappa shape index (κ3) is 8.02. The molecule has 1 amide bonds. The number of amides is 1. The summed E-state index contributed by atoms with van der Waals surface area (Å²) in [7, 11) is 4.35. The number of carbonyl (C=O) groups is 1. The minimum Gasteiger partial charge on any atom is -0.378 e. The maximum absolute atomic E-state index is 14.9. The number of fused-ring (bicyclic) bond motifs is 1. The molecule has 234 valence electrons. The van der Waals surface area contributed by atoms with Crippen molar-refractivity contribution >= 4 is 11.6 Å². The number of hydrogen-bond donors (Lipinski definition) is 1. The van der Waals surface area contributed by atoms with Gasteiger partial charge in [-0.05, 0) is 62.3 Å². The Bertz CT molecular complexity index is 1220. The number of anilines is 1. The number of nitrogens with one attached hydrogen (secondary N) is 1. The van der Waals surface area contributed by atoms with Gasteiger partial charge in [-0.25, -0.2) is 4.39 Å². The highest BCUT2D eigenvalue weighted by atomic mass is 19.1. The zero-order valence-corrected chi connectivity index (χ0v) is 25.8. The van der Waals surface area contributed by atoms with Gasteiger partial charge in [-0.1, -0.05) is 30.8 Å². The topological polar surface area (TPSA) is 60.5 Å². The van der Waals surface area contributed by atoms with Gasteiger partial charge in [0.15, 0.2) is 0 Å². The molecule has 0 spiro atoms. The normalized spacial score (nSPS) is 22.7. The fraction of sp³-hybridized carbons (Fsp3) is 0.559. The van der Waals surface area contributed by atoms with Crippen LogP contribution in [0.4, 0.5) is 10.1 Å². The summed E-state index contributed by atoms with van der Waals surface area (Å²) in [6.07, 6.45) is 3.22. The number of rotatable bonds is 14. The van der Waals surface area contributed by atoms with E-state index < -0.39 is 0 Å². The number of nitrogens with zero attached hydrogens (tertiary/aromatic N) is 4. The molecule has 2 aromatic rings. The predicted octanol–water partition coefficient (Wildman–Crippen LogP) is 3.30. The molecule has 8 nitrogen and oxygen atoms in total. The van der Waals surface area contributed by atoms with Crippen LogP contribution < -0.4 is 10.2 Å². The van der Waals surface area contributed by atoms with Crippen molar-refractivity contribution in [1.82, 2.24) is 20.0 Å². The predicted molar refractivity (Wildman–Crippen MR) is 169 cm³/mol. The van der Waals surface area contributed by atoms with Gasteiger partial charge in [0, 0.05) is 81.6 Å². The maximum atomic E-state index is 14.9. The van der Waals surface area contributed by atoms with Crippen molar-refractivity contribution in [3.8, 4) is 0 Å². The lowest BCUT2D eigenvalue weighted by Crippen LogP contribution is -2.47. The van der Waals surface area contributed by atoms with E-state index in [0.717, 1.165) is 64.2 Å². The molecule has 2 aromatic carbocycles. The highest BCUT2D eigenvalue weighted by molar-refractivity contribution is 5.86. The molecule has 0 unspecified atom stereocenters. The molecule has 2 heterocycles. The van der Waals surface area contributed by atoms with Crippen LogP contribution >= 0.6 is 0 Å².